The first-order valence-electron chi connectivity index (χ1n) is 9.32. The summed E-state index contributed by atoms with van der Waals surface area (Å²) in [6.07, 6.45) is 3.08. The van der Waals surface area contributed by atoms with Gasteiger partial charge in [0.05, 0.1) is 6.26 Å². The fraction of sp³-hybridized carbons (Fsp3) is 0.556. The molecule has 0 bridgehead atoms. The van der Waals surface area contributed by atoms with Crippen molar-refractivity contribution in [1.82, 2.24) is 25.3 Å². The predicted octanol–water partition coefficient (Wildman–Crippen LogP) is 1.95. The molecule has 1 saturated heterocycles. The summed E-state index contributed by atoms with van der Waals surface area (Å²) in [5.74, 6) is 2.52. The zero-order chi connectivity index (χ0) is 19.1. The number of amides is 1. The molecular weight excluding hydrogens is 475 g/mol. The molecule has 1 fully saturated rings. The lowest BCUT2D eigenvalue weighted by molar-refractivity contribution is 0.0657. The van der Waals surface area contributed by atoms with E-state index in [0.717, 1.165) is 38.4 Å². The second-order valence-electron chi connectivity index (χ2n) is 6.33. The number of hydrogen-bond donors (Lipinski definition) is 1. The van der Waals surface area contributed by atoms with E-state index in [4.69, 9.17) is 13.9 Å². The molecule has 0 spiro atoms. The Morgan fingerprint density at radius 1 is 1.29 bits per heavy atom. The lowest BCUT2D eigenvalue weighted by Gasteiger charge is -2.36. The van der Waals surface area contributed by atoms with Gasteiger partial charge in [-0.1, -0.05) is 5.16 Å². The van der Waals surface area contributed by atoms with Gasteiger partial charge in [0.15, 0.2) is 17.5 Å². The number of carbonyl (C=O) groups is 1. The van der Waals surface area contributed by atoms with E-state index < -0.39 is 0 Å². The molecule has 1 aliphatic rings. The number of halogens is 1. The highest BCUT2D eigenvalue weighted by Crippen LogP contribution is 2.10. The van der Waals surface area contributed by atoms with Crippen LogP contribution in [0, 0.1) is 6.92 Å². The lowest BCUT2D eigenvalue weighted by Crippen LogP contribution is -2.53. The van der Waals surface area contributed by atoms with Crippen molar-refractivity contribution in [1.29, 1.82) is 0 Å². The maximum atomic E-state index is 12.4. The van der Waals surface area contributed by atoms with Gasteiger partial charge in [0.2, 0.25) is 5.89 Å². The molecule has 1 amide bonds. The smallest absolute Gasteiger partial charge is 0.289 e. The van der Waals surface area contributed by atoms with E-state index in [0.29, 0.717) is 37.1 Å². The van der Waals surface area contributed by atoms with Gasteiger partial charge < -0.3 is 24.1 Å². The van der Waals surface area contributed by atoms with Crippen molar-refractivity contribution in [2.75, 3.05) is 39.3 Å². The maximum absolute atomic E-state index is 12.4. The quantitative estimate of drug-likeness (QED) is 0.279. The van der Waals surface area contributed by atoms with Gasteiger partial charge in [-0.05, 0) is 32.4 Å². The summed E-state index contributed by atoms with van der Waals surface area (Å²) in [6.45, 7) is 8.10. The first-order chi connectivity index (χ1) is 13.2. The van der Waals surface area contributed by atoms with Crippen LogP contribution < -0.4 is 5.32 Å². The van der Waals surface area contributed by atoms with E-state index in [2.05, 4.69) is 20.4 Å². The molecule has 9 nitrogen and oxygen atoms in total. The Balaban J connectivity index is 0.00000280. The number of aliphatic imine (C=N–C) groups is 1. The van der Waals surface area contributed by atoms with Crippen molar-refractivity contribution in [2.24, 2.45) is 4.99 Å². The molecule has 154 valence electrons. The number of carbonyl (C=O) groups excluding carboxylic acids is 1. The van der Waals surface area contributed by atoms with Gasteiger partial charge in [0.25, 0.3) is 5.91 Å². The zero-order valence-corrected chi connectivity index (χ0v) is 18.6. The maximum Gasteiger partial charge on any atom is 0.289 e. The number of furan rings is 1. The molecule has 0 unspecified atom stereocenters. The number of guanidine groups is 1. The average Bonchev–Trinajstić information content (AvgIpc) is 3.36. The first kappa shape index (κ1) is 22.2. The van der Waals surface area contributed by atoms with Crippen molar-refractivity contribution in [2.45, 2.75) is 26.7 Å². The Bertz CT molecular complexity index is 753. The van der Waals surface area contributed by atoms with Crippen LogP contribution in [0.1, 0.15) is 35.6 Å². The molecule has 3 rings (SSSR count). The van der Waals surface area contributed by atoms with Gasteiger partial charge in [-0.25, -0.2) is 0 Å². The molecule has 2 aromatic heterocycles. The van der Waals surface area contributed by atoms with E-state index in [-0.39, 0.29) is 29.9 Å². The highest BCUT2D eigenvalue weighted by atomic mass is 127. The van der Waals surface area contributed by atoms with Gasteiger partial charge >= 0.3 is 0 Å². The van der Waals surface area contributed by atoms with Crippen molar-refractivity contribution in [3.8, 4) is 0 Å². The summed E-state index contributed by atoms with van der Waals surface area (Å²) in [7, 11) is 0. The van der Waals surface area contributed by atoms with Gasteiger partial charge in [0.1, 0.15) is 0 Å². The van der Waals surface area contributed by atoms with Crippen molar-refractivity contribution in [3.63, 3.8) is 0 Å². The SMILES string of the molecule is CCNC(=NCCCc1nc(C)no1)N1CCN(C(=O)c2ccco2)CC1.I. The Morgan fingerprint density at radius 3 is 2.64 bits per heavy atom. The third-order valence-electron chi connectivity index (χ3n) is 4.31. The highest BCUT2D eigenvalue weighted by Gasteiger charge is 2.25. The van der Waals surface area contributed by atoms with Gasteiger partial charge in [-0.15, -0.1) is 24.0 Å². The van der Waals surface area contributed by atoms with Crippen LogP contribution in [-0.4, -0.2) is 71.1 Å². The number of aryl methyl sites for hydroxylation is 2. The van der Waals surface area contributed by atoms with Crippen molar-refractivity contribution >= 4 is 35.8 Å². The Labute approximate surface area is 181 Å². The standard InChI is InChI=1S/C18H26N6O3.HI/c1-3-19-18(20-8-4-7-16-21-14(2)22-27-16)24-11-9-23(10-12-24)17(25)15-6-5-13-26-15;/h5-6,13H,3-4,7-12H2,1-2H3,(H,19,20);1H. The molecule has 28 heavy (non-hydrogen) atoms. The minimum atomic E-state index is -0.0589. The summed E-state index contributed by atoms with van der Waals surface area (Å²) < 4.78 is 10.3. The van der Waals surface area contributed by atoms with Crippen LogP contribution in [0.15, 0.2) is 32.3 Å². The molecular formula is C18H27IN6O3. The third-order valence-corrected chi connectivity index (χ3v) is 4.31. The van der Waals surface area contributed by atoms with Gasteiger partial charge in [-0.2, -0.15) is 4.98 Å². The zero-order valence-electron chi connectivity index (χ0n) is 16.3. The Hall–Kier alpha value is -2.11. The second-order valence-corrected chi connectivity index (χ2v) is 6.33. The van der Waals surface area contributed by atoms with Crippen LogP contribution in [0.3, 0.4) is 0 Å². The minimum absolute atomic E-state index is 0. The molecule has 1 aliphatic heterocycles. The molecule has 2 aromatic rings. The molecule has 10 heteroatoms. The van der Waals surface area contributed by atoms with E-state index in [1.165, 1.54) is 6.26 Å². The molecule has 0 radical (unpaired) electrons. The van der Waals surface area contributed by atoms with Crippen LogP contribution in [0.5, 0.6) is 0 Å². The second kappa shape index (κ2) is 11.0. The predicted molar refractivity (Wildman–Crippen MR) is 115 cm³/mol. The summed E-state index contributed by atoms with van der Waals surface area (Å²) in [5, 5.41) is 7.12. The van der Waals surface area contributed by atoms with Crippen molar-refractivity contribution in [3.05, 3.63) is 35.9 Å². The fourth-order valence-corrected chi connectivity index (χ4v) is 2.96. The van der Waals surface area contributed by atoms with E-state index >= 15 is 0 Å². The van der Waals surface area contributed by atoms with Crippen LogP contribution in [0.25, 0.3) is 0 Å². The van der Waals surface area contributed by atoms with Gasteiger partial charge in [-0.3, -0.25) is 9.79 Å². The van der Waals surface area contributed by atoms with Crippen LogP contribution in [0.2, 0.25) is 0 Å². The van der Waals surface area contributed by atoms with E-state index in [1.54, 1.807) is 12.1 Å². The number of hydrogen-bond acceptors (Lipinski definition) is 6. The number of nitrogens with one attached hydrogen (secondary N) is 1. The lowest BCUT2D eigenvalue weighted by atomic mass is 10.3. The molecule has 1 N–H and O–H groups in total. The van der Waals surface area contributed by atoms with Crippen LogP contribution in [0.4, 0.5) is 0 Å². The molecule has 0 aromatic carbocycles. The molecule has 0 saturated carbocycles. The summed E-state index contributed by atoms with van der Waals surface area (Å²) in [4.78, 5) is 25.3. The summed E-state index contributed by atoms with van der Waals surface area (Å²) in [5.41, 5.74) is 0. The molecule has 0 aliphatic carbocycles. The largest absolute Gasteiger partial charge is 0.459 e. The number of piperazine rings is 1. The molecule has 3 heterocycles. The number of nitrogens with zero attached hydrogens (tertiary/aromatic N) is 5. The fourth-order valence-electron chi connectivity index (χ4n) is 2.96. The number of aromatic nitrogens is 2. The Morgan fingerprint density at radius 2 is 2.04 bits per heavy atom. The van der Waals surface area contributed by atoms with Crippen LogP contribution in [-0.2, 0) is 6.42 Å². The Kier molecular flexibility index (Phi) is 8.74. The third kappa shape index (κ3) is 5.94. The topological polar surface area (TPSA) is 100 Å². The van der Waals surface area contributed by atoms with Gasteiger partial charge in [0, 0.05) is 45.7 Å². The first-order valence-corrected chi connectivity index (χ1v) is 9.32. The van der Waals surface area contributed by atoms with Crippen molar-refractivity contribution < 1.29 is 13.7 Å². The van der Waals surface area contributed by atoms with Crippen LogP contribution >= 0.6 is 24.0 Å². The highest BCUT2D eigenvalue weighted by molar-refractivity contribution is 14.0. The minimum Gasteiger partial charge on any atom is -0.459 e. The monoisotopic (exact) mass is 502 g/mol. The molecule has 0 atom stereocenters. The van der Waals surface area contributed by atoms with E-state index in [9.17, 15) is 4.79 Å². The summed E-state index contributed by atoms with van der Waals surface area (Å²) in [6, 6.07) is 3.43. The van der Waals surface area contributed by atoms with E-state index in [1.807, 2.05) is 18.7 Å². The number of rotatable bonds is 6. The summed E-state index contributed by atoms with van der Waals surface area (Å²) >= 11 is 0. The normalized spacial score (nSPS) is 14.7. The average molecular weight is 502 g/mol.